The number of thiazole rings is 1. The van der Waals surface area contributed by atoms with Gasteiger partial charge in [-0.25, -0.2) is 4.98 Å². The summed E-state index contributed by atoms with van der Waals surface area (Å²) in [5, 5.41) is 3.58. The number of benzene rings is 2. The zero-order valence-corrected chi connectivity index (χ0v) is 15.8. The van der Waals surface area contributed by atoms with E-state index >= 15 is 0 Å². The van der Waals surface area contributed by atoms with Crippen molar-refractivity contribution >= 4 is 28.8 Å². The van der Waals surface area contributed by atoms with Gasteiger partial charge in [0.25, 0.3) is 0 Å². The molecule has 0 saturated heterocycles. The van der Waals surface area contributed by atoms with E-state index < -0.39 is 0 Å². The second-order valence-corrected chi connectivity index (χ2v) is 7.36. The molecule has 128 valence electrons. The van der Waals surface area contributed by atoms with Crippen molar-refractivity contribution < 1.29 is 4.79 Å². The number of rotatable bonds is 5. The lowest BCUT2D eigenvalue weighted by atomic mass is 10.2. The van der Waals surface area contributed by atoms with Crippen molar-refractivity contribution in [1.29, 1.82) is 0 Å². The summed E-state index contributed by atoms with van der Waals surface area (Å²) in [5.74, 6) is 0.0423. The molecule has 3 nitrogen and oxygen atoms in total. The second kappa shape index (κ2) is 7.81. The highest BCUT2D eigenvalue weighted by atomic mass is 35.5. The molecule has 0 saturated carbocycles. The Bertz CT molecular complexity index is 873. The van der Waals surface area contributed by atoms with Crippen LogP contribution < -0.4 is 0 Å². The van der Waals surface area contributed by atoms with E-state index in [1.54, 1.807) is 23.3 Å². The van der Waals surface area contributed by atoms with Gasteiger partial charge in [0, 0.05) is 29.6 Å². The van der Waals surface area contributed by atoms with E-state index in [0.29, 0.717) is 18.0 Å². The maximum Gasteiger partial charge on any atom is 0.228 e. The predicted octanol–water partition coefficient (Wildman–Crippen LogP) is 4.97. The van der Waals surface area contributed by atoms with Crippen molar-refractivity contribution in [3.05, 3.63) is 75.8 Å². The first-order chi connectivity index (χ1) is 12.0. The molecule has 25 heavy (non-hydrogen) atoms. The summed E-state index contributed by atoms with van der Waals surface area (Å²) >= 11 is 7.57. The zero-order valence-electron chi connectivity index (χ0n) is 14.2. The molecule has 0 aliphatic heterocycles. The van der Waals surface area contributed by atoms with Crippen molar-refractivity contribution in [3.8, 4) is 10.6 Å². The molecular formula is C20H19ClN2OS. The van der Waals surface area contributed by atoms with E-state index in [4.69, 9.17) is 11.6 Å². The summed E-state index contributed by atoms with van der Waals surface area (Å²) in [7, 11) is 1.80. The molecule has 1 amide bonds. The highest BCUT2D eigenvalue weighted by molar-refractivity contribution is 7.13. The third-order valence-electron chi connectivity index (χ3n) is 3.92. The number of hydrogen-bond acceptors (Lipinski definition) is 3. The van der Waals surface area contributed by atoms with Gasteiger partial charge in [0.15, 0.2) is 0 Å². The number of aromatic nitrogens is 1. The molecule has 0 spiro atoms. The Morgan fingerprint density at radius 2 is 1.96 bits per heavy atom. The molecule has 1 aromatic heterocycles. The number of amides is 1. The summed E-state index contributed by atoms with van der Waals surface area (Å²) in [5.41, 5.74) is 4.13. The smallest absolute Gasteiger partial charge is 0.228 e. The SMILES string of the molecule is Cc1ccc(-c2nc(CC(=O)N(C)Cc3cccc(Cl)c3)cs2)cc1. The van der Waals surface area contributed by atoms with Gasteiger partial charge in [-0.15, -0.1) is 11.3 Å². The van der Waals surface area contributed by atoms with Crippen LogP contribution in [-0.2, 0) is 17.8 Å². The zero-order chi connectivity index (χ0) is 17.8. The fourth-order valence-electron chi connectivity index (χ4n) is 2.50. The van der Waals surface area contributed by atoms with Gasteiger partial charge in [-0.3, -0.25) is 4.79 Å². The topological polar surface area (TPSA) is 33.2 Å². The van der Waals surface area contributed by atoms with E-state index in [1.807, 2.05) is 29.6 Å². The van der Waals surface area contributed by atoms with Crippen LogP contribution in [0.5, 0.6) is 0 Å². The highest BCUT2D eigenvalue weighted by Gasteiger charge is 2.13. The maximum absolute atomic E-state index is 12.4. The summed E-state index contributed by atoms with van der Waals surface area (Å²) in [6.07, 6.45) is 0.305. The number of aryl methyl sites for hydroxylation is 1. The van der Waals surface area contributed by atoms with Crippen molar-refractivity contribution in [2.75, 3.05) is 7.05 Å². The normalized spacial score (nSPS) is 10.7. The molecular weight excluding hydrogens is 352 g/mol. The minimum Gasteiger partial charge on any atom is -0.341 e. The molecule has 0 radical (unpaired) electrons. The monoisotopic (exact) mass is 370 g/mol. The molecule has 0 unspecified atom stereocenters. The molecule has 3 rings (SSSR count). The molecule has 0 aliphatic carbocycles. The van der Waals surface area contributed by atoms with Crippen LogP contribution in [0.4, 0.5) is 0 Å². The van der Waals surface area contributed by atoms with E-state index in [9.17, 15) is 4.79 Å². The molecule has 0 N–H and O–H groups in total. The standard InChI is InChI=1S/C20H19ClN2OS/c1-14-6-8-16(9-7-14)20-22-18(13-25-20)11-19(24)23(2)12-15-4-3-5-17(21)10-15/h3-10,13H,11-12H2,1-2H3. The van der Waals surface area contributed by atoms with Crippen LogP contribution in [0.15, 0.2) is 53.9 Å². The van der Waals surface area contributed by atoms with Crippen molar-refractivity contribution in [3.63, 3.8) is 0 Å². The predicted molar refractivity (Wildman–Crippen MR) is 104 cm³/mol. The van der Waals surface area contributed by atoms with Crippen LogP contribution >= 0.6 is 22.9 Å². The molecule has 0 bridgehead atoms. The van der Waals surface area contributed by atoms with Crippen LogP contribution in [0.1, 0.15) is 16.8 Å². The van der Waals surface area contributed by atoms with Crippen LogP contribution in [0, 0.1) is 6.92 Å². The first-order valence-corrected chi connectivity index (χ1v) is 9.27. The summed E-state index contributed by atoms with van der Waals surface area (Å²) in [6, 6.07) is 15.8. The Balaban J connectivity index is 1.64. The van der Waals surface area contributed by atoms with E-state index in [2.05, 4.69) is 36.2 Å². The van der Waals surface area contributed by atoms with E-state index in [0.717, 1.165) is 21.8 Å². The van der Waals surface area contributed by atoms with E-state index in [-0.39, 0.29) is 5.91 Å². The molecule has 0 aliphatic rings. The average molecular weight is 371 g/mol. The van der Waals surface area contributed by atoms with Gasteiger partial charge in [0.2, 0.25) is 5.91 Å². The van der Waals surface area contributed by atoms with Crippen LogP contribution in [-0.4, -0.2) is 22.8 Å². The Hall–Kier alpha value is -2.17. The van der Waals surface area contributed by atoms with E-state index in [1.165, 1.54) is 5.56 Å². The van der Waals surface area contributed by atoms with Gasteiger partial charge in [-0.05, 0) is 24.6 Å². The molecule has 0 fully saturated rings. The lowest BCUT2D eigenvalue weighted by Crippen LogP contribution is -2.27. The lowest BCUT2D eigenvalue weighted by Gasteiger charge is -2.16. The number of carbonyl (C=O) groups excluding carboxylic acids is 1. The van der Waals surface area contributed by atoms with Crippen LogP contribution in [0.2, 0.25) is 5.02 Å². The lowest BCUT2D eigenvalue weighted by molar-refractivity contribution is -0.129. The van der Waals surface area contributed by atoms with Gasteiger partial charge >= 0.3 is 0 Å². The van der Waals surface area contributed by atoms with Gasteiger partial charge < -0.3 is 4.90 Å². The first-order valence-electron chi connectivity index (χ1n) is 8.01. The summed E-state index contributed by atoms with van der Waals surface area (Å²) in [4.78, 5) is 18.8. The molecule has 5 heteroatoms. The number of nitrogens with zero attached hydrogens (tertiary/aromatic N) is 2. The Morgan fingerprint density at radius 1 is 1.20 bits per heavy atom. The van der Waals surface area contributed by atoms with Crippen molar-refractivity contribution in [2.45, 2.75) is 19.9 Å². The van der Waals surface area contributed by atoms with Gasteiger partial charge in [-0.1, -0.05) is 53.6 Å². The minimum atomic E-state index is 0.0423. The third-order valence-corrected chi connectivity index (χ3v) is 5.09. The quantitative estimate of drug-likeness (QED) is 0.635. The summed E-state index contributed by atoms with van der Waals surface area (Å²) in [6.45, 7) is 2.60. The van der Waals surface area contributed by atoms with Crippen molar-refractivity contribution in [2.24, 2.45) is 0 Å². The Kier molecular flexibility index (Phi) is 5.51. The average Bonchev–Trinajstić information content (AvgIpc) is 3.04. The molecule has 2 aromatic carbocycles. The third kappa shape index (κ3) is 4.68. The fraction of sp³-hybridized carbons (Fsp3) is 0.200. The minimum absolute atomic E-state index is 0.0423. The van der Waals surface area contributed by atoms with Gasteiger partial charge in [0.1, 0.15) is 5.01 Å². The number of halogens is 1. The highest BCUT2D eigenvalue weighted by Crippen LogP contribution is 2.24. The molecule has 3 aromatic rings. The Labute approximate surface area is 156 Å². The van der Waals surface area contributed by atoms with Crippen LogP contribution in [0.25, 0.3) is 10.6 Å². The molecule has 0 atom stereocenters. The molecule has 1 heterocycles. The first kappa shape index (κ1) is 17.6. The van der Waals surface area contributed by atoms with Crippen molar-refractivity contribution in [1.82, 2.24) is 9.88 Å². The van der Waals surface area contributed by atoms with Crippen LogP contribution in [0.3, 0.4) is 0 Å². The maximum atomic E-state index is 12.4. The number of hydrogen-bond donors (Lipinski definition) is 0. The summed E-state index contributed by atoms with van der Waals surface area (Å²) < 4.78 is 0. The largest absolute Gasteiger partial charge is 0.341 e. The fourth-order valence-corrected chi connectivity index (χ4v) is 3.54. The van der Waals surface area contributed by atoms with Gasteiger partial charge in [-0.2, -0.15) is 0 Å². The number of likely N-dealkylation sites (N-methyl/N-ethyl adjacent to an activating group) is 1. The number of carbonyl (C=O) groups is 1. The Morgan fingerprint density at radius 3 is 2.68 bits per heavy atom. The second-order valence-electron chi connectivity index (χ2n) is 6.07. The van der Waals surface area contributed by atoms with Gasteiger partial charge in [0.05, 0.1) is 12.1 Å².